The van der Waals surface area contributed by atoms with Crippen molar-refractivity contribution in [3.63, 3.8) is 0 Å². The van der Waals surface area contributed by atoms with Gasteiger partial charge in [0.1, 0.15) is 0 Å². The molecule has 0 atom stereocenters. The van der Waals surface area contributed by atoms with Crippen LogP contribution in [-0.4, -0.2) is 16.1 Å². The van der Waals surface area contributed by atoms with Gasteiger partial charge in [-0.3, -0.25) is 4.79 Å². The third kappa shape index (κ3) is 4.30. The zero-order chi connectivity index (χ0) is 14.6. The highest BCUT2D eigenvalue weighted by Crippen LogP contribution is 2.35. The van der Waals surface area contributed by atoms with E-state index in [0.29, 0.717) is 12.3 Å². The summed E-state index contributed by atoms with van der Waals surface area (Å²) in [6.07, 6.45) is 2.96. The van der Waals surface area contributed by atoms with E-state index in [-0.39, 0.29) is 11.8 Å². The van der Waals surface area contributed by atoms with E-state index in [9.17, 15) is 4.79 Å². The fraction of sp³-hybridized carbons (Fsp3) is 0.733. The second kappa shape index (κ2) is 6.51. The van der Waals surface area contributed by atoms with Crippen molar-refractivity contribution in [1.29, 1.82) is 0 Å². The Morgan fingerprint density at radius 1 is 1.32 bits per heavy atom. The van der Waals surface area contributed by atoms with Gasteiger partial charge in [0.05, 0.1) is 17.1 Å². The molecular formula is C15H25NO2S. The Morgan fingerprint density at radius 2 is 1.89 bits per heavy atom. The number of carboxylic acid groups (broad SMARTS) is 1. The molecule has 0 fully saturated rings. The molecule has 0 aliphatic heterocycles. The molecule has 0 radical (unpaired) electrons. The highest BCUT2D eigenvalue weighted by atomic mass is 32.1. The lowest BCUT2D eigenvalue weighted by molar-refractivity contribution is -0.136. The molecule has 0 spiro atoms. The van der Waals surface area contributed by atoms with Crippen molar-refractivity contribution in [2.24, 2.45) is 0 Å². The fourth-order valence-corrected chi connectivity index (χ4v) is 3.70. The Hall–Kier alpha value is -0.900. The number of aromatic nitrogens is 1. The van der Waals surface area contributed by atoms with Crippen LogP contribution in [0.25, 0.3) is 0 Å². The molecule has 0 aliphatic carbocycles. The first-order valence-electron chi connectivity index (χ1n) is 7.01. The number of hydrogen-bond acceptors (Lipinski definition) is 3. The number of carbonyl (C=O) groups is 1. The van der Waals surface area contributed by atoms with E-state index in [1.807, 2.05) is 0 Å². The minimum Gasteiger partial charge on any atom is -0.481 e. The van der Waals surface area contributed by atoms with Crippen molar-refractivity contribution in [2.45, 2.75) is 71.6 Å². The van der Waals surface area contributed by atoms with E-state index in [1.165, 1.54) is 5.01 Å². The van der Waals surface area contributed by atoms with E-state index in [0.717, 1.165) is 23.4 Å². The van der Waals surface area contributed by atoms with E-state index >= 15 is 0 Å². The summed E-state index contributed by atoms with van der Waals surface area (Å²) in [6, 6.07) is 0. The second-order valence-corrected chi connectivity index (χ2v) is 7.10. The largest absolute Gasteiger partial charge is 0.481 e. The van der Waals surface area contributed by atoms with E-state index in [1.54, 1.807) is 11.3 Å². The van der Waals surface area contributed by atoms with Gasteiger partial charge in [-0.2, -0.15) is 0 Å². The van der Waals surface area contributed by atoms with Crippen molar-refractivity contribution < 1.29 is 9.90 Å². The van der Waals surface area contributed by atoms with Crippen molar-refractivity contribution in [3.8, 4) is 0 Å². The molecule has 4 heteroatoms. The summed E-state index contributed by atoms with van der Waals surface area (Å²) in [5, 5.41) is 10.0. The summed E-state index contributed by atoms with van der Waals surface area (Å²) in [5.41, 5.74) is 1.06. The summed E-state index contributed by atoms with van der Waals surface area (Å²) in [4.78, 5) is 16.7. The molecule has 0 aliphatic rings. The Kier molecular flexibility index (Phi) is 5.53. The van der Waals surface area contributed by atoms with Crippen LogP contribution in [0, 0.1) is 0 Å². The van der Waals surface area contributed by atoms with E-state index < -0.39 is 5.97 Å². The Bertz CT molecular complexity index is 428. The van der Waals surface area contributed by atoms with Gasteiger partial charge in [0, 0.05) is 16.2 Å². The molecule has 1 aromatic heterocycles. The molecule has 1 aromatic rings. The third-order valence-corrected chi connectivity index (χ3v) is 4.60. The van der Waals surface area contributed by atoms with Gasteiger partial charge >= 0.3 is 5.97 Å². The third-order valence-electron chi connectivity index (χ3n) is 3.33. The number of aliphatic carboxylic acids is 1. The number of aryl methyl sites for hydroxylation is 1. The first-order chi connectivity index (χ1) is 8.79. The van der Waals surface area contributed by atoms with E-state index in [4.69, 9.17) is 10.1 Å². The molecule has 108 valence electrons. The van der Waals surface area contributed by atoms with Crippen LogP contribution in [0.4, 0.5) is 0 Å². The van der Waals surface area contributed by atoms with Crippen molar-refractivity contribution in [2.75, 3.05) is 0 Å². The predicted octanol–water partition coefficient (Wildman–Crippen LogP) is 4.36. The standard InChI is InChI=1S/C15H25NO2S/c1-6-10(7-2)14-16-13(15(3,4)5)11(19-14)8-9-12(17)18/h10H,6-9H2,1-5H3,(H,17,18). The van der Waals surface area contributed by atoms with Gasteiger partial charge in [-0.1, -0.05) is 34.6 Å². The van der Waals surface area contributed by atoms with Crippen LogP contribution >= 0.6 is 11.3 Å². The Labute approximate surface area is 120 Å². The van der Waals surface area contributed by atoms with Crippen LogP contribution in [0.1, 0.15) is 75.4 Å². The molecule has 19 heavy (non-hydrogen) atoms. The van der Waals surface area contributed by atoms with Gasteiger partial charge in [0.2, 0.25) is 0 Å². The number of thiazole rings is 1. The van der Waals surface area contributed by atoms with Crippen molar-refractivity contribution in [1.82, 2.24) is 4.98 Å². The fourth-order valence-electron chi connectivity index (χ4n) is 2.16. The Balaban J connectivity index is 3.08. The van der Waals surface area contributed by atoms with E-state index in [2.05, 4.69) is 34.6 Å². The van der Waals surface area contributed by atoms with Gasteiger partial charge in [0.15, 0.2) is 0 Å². The predicted molar refractivity (Wildman–Crippen MR) is 80.1 cm³/mol. The van der Waals surface area contributed by atoms with Gasteiger partial charge in [-0.05, 0) is 19.3 Å². The van der Waals surface area contributed by atoms with Crippen LogP contribution in [0.15, 0.2) is 0 Å². The molecule has 0 aromatic carbocycles. The van der Waals surface area contributed by atoms with Crippen LogP contribution in [0.2, 0.25) is 0 Å². The molecular weight excluding hydrogens is 258 g/mol. The molecule has 1 N–H and O–H groups in total. The number of rotatable bonds is 6. The molecule has 3 nitrogen and oxygen atoms in total. The average molecular weight is 283 g/mol. The summed E-state index contributed by atoms with van der Waals surface area (Å²) in [5.74, 6) is -0.234. The zero-order valence-corrected chi connectivity index (χ0v) is 13.4. The van der Waals surface area contributed by atoms with Crippen LogP contribution in [-0.2, 0) is 16.6 Å². The minimum absolute atomic E-state index is 0.0192. The normalized spacial score (nSPS) is 12.1. The highest BCUT2D eigenvalue weighted by molar-refractivity contribution is 7.11. The van der Waals surface area contributed by atoms with Crippen LogP contribution in [0.3, 0.4) is 0 Å². The topological polar surface area (TPSA) is 50.2 Å². The lowest BCUT2D eigenvalue weighted by Crippen LogP contribution is -2.15. The van der Waals surface area contributed by atoms with Crippen LogP contribution < -0.4 is 0 Å². The smallest absolute Gasteiger partial charge is 0.303 e. The van der Waals surface area contributed by atoms with Gasteiger partial charge in [-0.15, -0.1) is 11.3 Å². The maximum atomic E-state index is 10.8. The average Bonchev–Trinajstić information content (AvgIpc) is 2.72. The molecule has 0 bridgehead atoms. The number of hydrogen-bond donors (Lipinski definition) is 1. The minimum atomic E-state index is -0.739. The summed E-state index contributed by atoms with van der Waals surface area (Å²) in [6.45, 7) is 10.8. The quantitative estimate of drug-likeness (QED) is 0.843. The molecule has 0 saturated carbocycles. The highest BCUT2D eigenvalue weighted by Gasteiger charge is 2.25. The van der Waals surface area contributed by atoms with Crippen molar-refractivity contribution >= 4 is 17.3 Å². The van der Waals surface area contributed by atoms with Gasteiger partial charge in [0.25, 0.3) is 0 Å². The van der Waals surface area contributed by atoms with Crippen LogP contribution in [0.5, 0.6) is 0 Å². The molecule has 0 saturated heterocycles. The maximum absolute atomic E-state index is 10.8. The molecule has 1 heterocycles. The lowest BCUT2D eigenvalue weighted by Gasteiger charge is -2.17. The SMILES string of the molecule is CCC(CC)c1nc(C(C)(C)C)c(CCC(=O)O)s1. The van der Waals surface area contributed by atoms with Crippen molar-refractivity contribution in [3.05, 3.63) is 15.6 Å². The zero-order valence-electron chi connectivity index (χ0n) is 12.6. The summed E-state index contributed by atoms with van der Waals surface area (Å²) < 4.78 is 0. The molecule has 0 amide bonds. The van der Waals surface area contributed by atoms with Gasteiger partial charge < -0.3 is 5.11 Å². The first kappa shape index (κ1) is 16.2. The summed E-state index contributed by atoms with van der Waals surface area (Å²) >= 11 is 1.71. The lowest BCUT2D eigenvalue weighted by atomic mass is 9.90. The number of nitrogens with zero attached hydrogens (tertiary/aromatic N) is 1. The molecule has 1 rings (SSSR count). The monoisotopic (exact) mass is 283 g/mol. The second-order valence-electron chi connectivity index (χ2n) is 5.98. The van der Waals surface area contributed by atoms with Gasteiger partial charge in [-0.25, -0.2) is 4.98 Å². The Morgan fingerprint density at radius 3 is 2.32 bits per heavy atom. The maximum Gasteiger partial charge on any atom is 0.303 e. The first-order valence-corrected chi connectivity index (χ1v) is 7.83. The molecule has 0 unspecified atom stereocenters. The number of carboxylic acids is 1. The summed E-state index contributed by atoms with van der Waals surface area (Å²) in [7, 11) is 0.